The van der Waals surface area contributed by atoms with Crippen LogP contribution in [0.15, 0.2) is 12.4 Å². The Morgan fingerprint density at radius 2 is 2.35 bits per heavy atom. The predicted molar refractivity (Wildman–Crippen MR) is 64.4 cm³/mol. The van der Waals surface area contributed by atoms with E-state index in [0.717, 1.165) is 0 Å². The van der Waals surface area contributed by atoms with Gasteiger partial charge in [0.05, 0.1) is 19.0 Å². The van der Waals surface area contributed by atoms with E-state index >= 15 is 0 Å². The Labute approximate surface area is 99.8 Å². The molecule has 7 nitrogen and oxygen atoms in total. The molecule has 7 heteroatoms. The van der Waals surface area contributed by atoms with E-state index in [1.165, 1.54) is 12.4 Å². The highest BCUT2D eigenvalue weighted by Crippen LogP contribution is 2.04. The highest BCUT2D eigenvalue weighted by molar-refractivity contribution is 5.83. The van der Waals surface area contributed by atoms with Crippen molar-refractivity contribution in [3.8, 4) is 0 Å². The van der Waals surface area contributed by atoms with Gasteiger partial charge in [-0.3, -0.25) is 9.78 Å². The summed E-state index contributed by atoms with van der Waals surface area (Å²) in [6.45, 7) is 2.69. The standard InChI is InChI=1S/C10H17N5O2/c1-7(10(16)13-3-4-17-2)14-9-6-12-5-8(11)15-9/h5-7H,3-4H2,1-2H3,(H,13,16)(H3,11,14,15). The molecule has 0 saturated heterocycles. The molecule has 0 fully saturated rings. The van der Waals surface area contributed by atoms with Crippen LogP contribution in [0.2, 0.25) is 0 Å². The predicted octanol–water partition coefficient (Wildman–Crippen LogP) is -0.378. The second kappa shape index (κ2) is 6.64. The molecular formula is C10H17N5O2. The number of nitrogen functional groups attached to an aromatic ring is 1. The van der Waals surface area contributed by atoms with Gasteiger partial charge in [-0.25, -0.2) is 4.98 Å². The number of hydrogen-bond acceptors (Lipinski definition) is 6. The Kier molecular flexibility index (Phi) is 5.15. The lowest BCUT2D eigenvalue weighted by Gasteiger charge is -2.14. The first-order valence-electron chi connectivity index (χ1n) is 5.24. The monoisotopic (exact) mass is 239 g/mol. The summed E-state index contributed by atoms with van der Waals surface area (Å²) in [6, 6.07) is -0.414. The van der Waals surface area contributed by atoms with Crippen molar-refractivity contribution in [3.05, 3.63) is 12.4 Å². The number of aromatic nitrogens is 2. The molecule has 1 aromatic heterocycles. The van der Waals surface area contributed by atoms with Crippen LogP contribution in [0.3, 0.4) is 0 Å². The van der Waals surface area contributed by atoms with Gasteiger partial charge in [-0.05, 0) is 6.92 Å². The number of nitrogens with two attached hydrogens (primary N) is 1. The van der Waals surface area contributed by atoms with Crippen molar-refractivity contribution in [1.82, 2.24) is 15.3 Å². The summed E-state index contributed by atoms with van der Waals surface area (Å²) in [5.74, 6) is 0.646. The topological polar surface area (TPSA) is 102 Å². The molecule has 0 aromatic carbocycles. The van der Waals surface area contributed by atoms with Gasteiger partial charge in [0.15, 0.2) is 0 Å². The maximum atomic E-state index is 11.6. The van der Waals surface area contributed by atoms with Crippen molar-refractivity contribution in [2.75, 3.05) is 31.3 Å². The normalized spacial score (nSPS) is 11.9. The zero-order valence-electron chi connectivity index (χ0n) is 9.93. The number of anilines is 2. The van der Waals surface area contributed by atoms with Gasteiger partial charge in [0.2, 0.25) is 5.91 Å². The maximum Gasteiger partial charge on any atom is 0.242 e. The van der Waals surface area contributed by atoms with Crippen molar-refractivity contribution in [3.63, 3.8) is 0 Å². The molecule has 4 N–H and O–H groups in total. The highest BCUT2D eigenvalue weighted by atomic mass is 16.5. The van der Waals surface area contributed by atoms with E-state index in [2.05, 4.69) is 20.6 Å². The van der Waals surface area contributed by atoms with Crippen molar-refractivity contribution in [2.24, 2.45) is 0 Å². The van der Waals surface area contributed by atoms with Gasteiger partial charge < -0.3 is 21.1 Å². The van der Waals surface area contributed by atoms with E-state index in [1.54, 1.807) is 14.0 Å². The number of nitrogens with one attached hydrogen (secondary N) is 2. The van der Waals surface area contributed by atoms with Crippen LogP contribution in [-0.4, -0.2) is 42.2 Å². The molecular weight excluding hydrogens is 222 g/mol. The first-order valence-corrected chi connectivity index (χ1v) is 5.24. The Morgan fingerprint density at radius 3 is 3.00 bits per heavy atom. The van der Waals surface area contributed by atoms with Crippen molar-refractivity contribution in [2.45, 2.75) is 13.0 Å². The molecule has 1 amide bonds. The molecule has 1 unspecified atom stereocenters. The van der Waals surface area contributed by atoms with E-state index in [4.69, 9.17) is 10.5 Å². The Hall–Kier alpha value is -1.89. The van der Waals surface area contributed by atoms with Crippen LogP contribution in [0, 0.1) is 0 Å². The molecule has 1 rings (SSSR count). The largest absolute Gasteiger partial charge is 0.383 e. The summed E-state index contributed by atoms with van der Waals surface area (Å²) in [6.07, 6.45) is 2.95. The Bertz CT molecular complexity index is 371. The molecule has 0 bridgehead atoms. The zero-order chi connectivity index (χ0) is 12.7. The van der Waals surface area contributed by atoms with Crippen LogP contribution in [0.5, 0.6) is 0 Å². The number of carbonyl (C=O) groups is 1. The van der Waals surface area contributed by atoms with Crippen molar-refractivity contribution in [1.29, 1.82) is 0 Å². The lowest BCUT2D eigenvalue weighted by atomic mass is 10.3. The third-order valence-corrected chi connectivity index (χ3v) is 2.02. The second-order valence-corrected chi connectivity index (χ2v) is 3.48. The molecule has 0 aliphatic carbocycles. The minimum absolute atomic E-state index is 0.133. The van der Waals surface area contributed by atoms with E-state index in [0.29, 0.717) is 24.8 Å². The highest BCUT2D eigenvalue weighted by Gasteiger charge is 2.12. The Morgan fingerprint density at radius 1 is 1.59 bits per heavy atom. The summed E-state index contributed by atoms with van der Waals surface area (Å²) in [5, 5.41) is 5.62. The molecule has 0 saturated carbocycles. The number of hydrogen-bond donors (Lipinski definition) is 3. The smallest absolute Gasteiger partial charge is 0.242 e. The summed E-state index contributed by atoms with van der Waals surface area (Å²) < 4.78 is 4.83. The minimum atomic E-state index is -0.414. The zero-order valence-corrected chi connectivity index (χ0v) is 9.93. The van der Waals surface area contributed by atoms with Crippen LogP contribution in [-0.2, 0) is 9.53 Å². The van der Waals surface area contributed by atoms with Gasteiger partial charge in [-0.2, -0.15) is 0 Å². The van der Waals surface area contributed by atoms with Crippen LogP contribution >= 0.6 is 0 Å². The third kappa shape index (κ3) is 4.64. The molecule has 1 atom stereocenters. The lowest BCUT2D eigenvalue weighted by molar-refractivity contribution is -0.121. The van der Waals surface area contributed by atoms with E-state index < -0.39 is 6.04 Å². The van der Waals surface area contributed by atoms with Gasteiger partial charge >= 0.3 is 0 Å². The summed E-state index contributed by atoms with van der Waals surface area (Å²) >= 11 is 0. The van der Waals surface area contributed by atoms with Crippen molar-refractivity contribution < 1.29 is 9.53 Å². The Balaban J connectivity index is 2.43. The maximum absolute atomic E-state index is 11.6. The number of rotatable bonds is 6. The molecule has 17 heavy (non-hydrogen) atoms. The minimum Gasteiger partial charge on any atom is -0.383 e. The molecule has 1 aromatic rings. The number of nitrogens with zero attached hydrogens (tertiary/aromatic N) is 2. The fourth-order valence-electron chi connectivity index (χ4n) is 1.17. The SMILES string of the molecule is COCCNC(=O)C(C)Nc1cncc(N)n1. The van der Waals surface area contributed by atoms with Gasteiger partial charge in [-0.15, -0.1) is 0 Å². The number of methoxy groups -OCH3 is 1. The summed E-state index contributed by atoms with van der Waals surface area (Å²) in [7, 11) is 1.58. The molecule has 0 spiro atoms. The summed E-state index contributed by atoms with van der Waals surface area (Å²) in [4.78, 5) is 19.5. The molecule has 0 aliphatic rings. The van der Waals surface area contributed by atoms with Crippen LogP contribution in [0.4, 0.5) is 11.6 Å². The molecule has 94 valence electrons. The van der Waals surface area contributed by atoms with Crippen LogP contribution in [0.1, 0.15) is 6.92 Å². The quantitative estimate of drug-likeness (QED) is 0.585. The third-order valence-electron chi connectivity index (χ3n) is 2.02. The fraction of sp³-hybridized carbons (Fsp3) is 0.500. The van der Waals surface area contributed by atoms with Gasteiger partial charge in [0.25, 0.3) is 0 Å². The molecule has 0 radical (unpaired) electrons. The second-order valence-electron chi connectivity index (χ2n) is 3.48. The van der Waals surface area contributed by atoms with Crippen molar-refractivity contribution >= 4 is 17.5 Å². The van der Waals surface area contributed by atoms with Crippen LogP contribution < -0.4 is 16.4 Å². The average molecular weight is 239 g/mol. The molecule has 1 heterocycles. The fourth-order valence-corrected chi connectivity index (χ4v) is 1.17. The van der Waals surface area contributed by atoms with E-state index in [1.807, 2.05) is 0 Å². The van der Waals surface area contributed by atoms with Crippen LogP contribution in [0.25, 0.3) is 0 Å². The van der Waals surface area contributed by atoms with Gasteiger partial charge in [0.1, 0.15) is 17.7 Å². The average Bonchev–Trinajstić information content (AvgIpc) is 2.29. The number of carbonyl (C=O) groups excluding carboxylic acids is 1. The van der Waals surface area contributed by atoms with E-state index in [-0.39, 0.29) is 5.91 Å². The summed E-state index contributed by atoms with van der Waals surface area (Å²) in [5.41, 5.74) is 5.48. The number of amides is 1. The number of ether oxygens (including phenoxy) is 1. The van der Waals surface area contributed by atoms with E-state index in [9.17, 15) is 4.79 Å². The lowest BCUT2D eigenvalue weighted by Crippen LogP contribution is -2.39. The van der Waals surface area contributed by atoms with Gasteiger partial charge in [-0.1, -0.05) is 0 Å². The molecule has 0 aliphatic heterocycles. The first-order chi connectivity index (χ1) is 8.13. The van der Waals surface area contributed by atoms with Gasteiger partial charge in [0, 0.05) is 13.7 Å². The first kappa shape index (κ1) is 13.2.